The lowest BCUT2D eigenvalue weighted by Crippen LogP contribution is -2.23. The summed E-state index contributed by atoms with van der Waals surface area (Å²) >= 11 is 13.0. The summed E-state index contributed by atoms with van der Waals surface area (Å²) in [5, 5.41) is 7.48. The Kier molecular flexibility index (Phi) is 7.33. The smallest absolute Gasteiger partial charge is 0.228 e. The van der Waals surface area contributed by atoms with Crippen LogP contribution in [0, 0.1) is 11.8 Å². The van der Waals surface area contributed by atoms with Gasteiger partial charge in [-0.25, -0.2) is 4.98 Å². The van der Waals surface area contributed by atoms with Crippen molar-refractivity contribution in [1.82, 2.24) is 4.98 Å². The summed E-state index contributed by atoms with van der Waals surface area (Å²) in [7, 11) is 0. The number of nitrogens with zero attached hydrogens (tertiary/aromatic N) is 1. The molecule has 2 atom stereocenters. The van der Waals surface area contributed by atoms with E-state index < -0.39 is 0 Å². The molecule has 31 heavy (non-hydrogen) atoms. The Bertz CT molecular complexity index is 934. The number of rotatable bonds is 6. The molecule has 4 N–H and O–H groups in total. The quantitative estimate of drug-likeness (QED) is 0.564. The number of nitrogens with two attached hydrogens (primary N) is 1. The highest BCUT2D eigenvalue weighted by atomic mass is 35.5. The highest BCUT2D eigenvalue weighted by molar-refractivity contribution is 6.36. The van der Waals surface area contributed by atoms with Gasteiger partial charge in [0, 0.05) is 59.8 Å². The third kappa shape index (κ3) is 5.69. The average molecular weight is 463 g/mol. The first-order valence-electron chi connectivity index (χ1n) is 10.8. The fourth-order valence-corrected chi connectivity index (χ4v) is 4.68. The van der Waals surface area contributed by atoms with E-state index in [0.717, 1.165) is 62.3 Å². The lowest BCUT2D eigenvalue weighted by Gasteiger charge is -2.23. The number of carbonyl (C=O) groups excluding carboxylic acids is 1. The van der Waals surface area contributed by atoms with E-state index in [1.165, 1.54) is 0 Å². The molecule has 4 rings (SSSR count). The first-order chi connectivity index (χ1) is 15.0. The van der Waals surface area contributed by atoms with E-state index in [9.17, 15) is 4.79 Å². The van der Waals surface area contributed by atoms with Crippen LogP contribution in [0.2, 0.25) is 10.0 Å². The van der Waals surface area contributed by atoms with Gasteiger partial charge in [0.1, 0.15) is 5.82 Å². The van der Waals surface area contributed by atoms with Crippen molar-refractivity contribution in [3.8, 4) is 11.1 Å². The van der Waals surface area contributed by atoms with Gasteiger partial charge in [-0.15, -0.1) is 0 Å². The summed E-state index contributed by atoms with van der Waals surface area (Å²) in [6.07, 6.45) is 6.07. The second-order valence-electron chi connectivity index (χ2n) is 8.44. The van der Waals surface area contributed by atoms with Crippen molar-refractivity contribution in [2.45, 2.75) is 38.1 Å². The van der Waals surface area contributed by atoms with Crippen molar-refractivity contribution in [3.63, 3.8) is 0 Å². The number of nitrogens with one attached hydrogen (secondary N) is 2. The van der Waals surface area contributed by atoms with Crippen molar-refractivity contribution in [3.05, 3.63) is 40.5 Å². The van der Waals surface area contributed by atoms with Crippen LogP contribution in [-0.4, -0.2) is 36.7 Å². The SMILES string of the molecule is NC1CCC(C(=O)Nc2cc(-c3cc(NCC4CCOCC4)ccc3Cl)c(Cl)cn2)C1. The minimum absolute atomic E-state index is 0.0494. The number of pyridine rings is 1. The molecule has 1 aliphatic heterocycles. The molecule has 2 aliphatic rings. The van der Waals surface area contributed by atoms with Crippen LogP contribution >= 0.6 is 23.2 Å². The van der Waals surface area contributed by atoms with Gasteiger partial charge in [0.15, 0.2) is 0 Å². The van der Waals surface area contributed by atoms with E-state index in [2.05, 4.69) is 15.6 Å². The van der Waals surface area contributed by atoms with E-state index in [-0.39, 0.29) is 17.9 Å². The predicted octanol–water partition coefficient (Wildman–Crippen LogP) is 4.96. The number of benzene rings is 1. The van der Waals surface area contributed by atoms with Gasteiger partial charge in [-0.3, -0.25) is 4.79 Å². The van der Waals surface area contributed by atoms with Gasteiger partial charge in [0.2, 0.25) is 5.91 Å². The third-order valence-corrected chi connectivity index (χ3v) is 6.77. The Morgan fingerprint density at radius 3 is 2.61 bits per heavy atom. The molecule has 0 spiro atoms. The largest absolute Gasteiger partial charge is 0.385 e. The highest BCUT2D eigenvalue weighted by Crippen LogP contribution is 2.36. The first-order valence-corrected chi connectivity index (χ1v) is 11.6. The number of hydrogen-bond acceptors (Lipinski definition) is 5. The number of hydrogen-bond donors (Lipinski definition) is 3. The molecule has 2 aromatic rings. The second kappa shape index (κ2) is 10.2. The summed E-state index contributed by atoms with van der Waals surface area (Å²) in [4.78, 5) is 16.8. The number of anilines is 2. The van der Waals surface area contributed by atoms with Crippen molar-refractivity contribution >= 4 is 40.6 Å². The molecule has 2 fully saturated rings. The summed E-state index contributed by atoms with van der Waals surface area (Å²) in [5.74, 6) is 0.938. The standard InChI is InChI=1S/C23H28Cl2N4O2/c24-20-4-3-17(27-12-14-5-7-31-8-6-14)10-18(20)19-11-22(28-13-21(19)25)29-23(30)15-1-2-16(26)9-15/h3-4,10-11,13-16,27H,1-2,5-9,12,26H2,(H,28,29,30). The Labute approximate surface area is 192 Å². The Morgan fingerprint density at radius 2 is 1.87 bits per heavy atom. The summed E-state index contributed by atoms with van der Waals surface area (Å²) in [6, 6.07) is 7.69. The van der Waals surface area contributed by atoms with E-state index in [4.69, 9.17) is 33.7 Å². The Hall–Kier alpha value is -1.86. The molecule has 166 valence electrons. The van der Waals surface area contributed by atoms with Crippen LogP contribution in [-0.2, 0) is 9.53 Å². The van der Waals surface area contributed by atoms with E-state index in [0.29, 0.717) is 28.2 Å². The number of halogens is 2. The Balaban J connectivity index is 1.49. The van der Waals surface area contributed by atoms with Crippen LogP contribution in [0.15, 0.2) is 30.5 Å². The number of aromatic nitrogens is 1. The maximum atomic E-state index is 12.6. The molecule has 1 saturated heterocycles. The van der Waals surface area contributed by atoms with Crippen LogP contribution in [0.3, 0.4) is 0 Å². The lowest BCUT2D eigenvalue weighted by atomic mass is 10.00. The molecule has 1 amide bonds. The molecular weight excluding hydrogens is 435 g/mol. The van der Waals surface area contributed by atoms with E-state index >= 15 is 0 Å². The topological polar surface area (TPSA) is 89.3 Å². The zero-order chi connectivity index (χ0) is 21.8. The van der Waals surface area contributed by atoms with Gasteiger partial charge < -0.3 is 21.1 Å². The number of ether oxygens (including phenoxy) is 1. The van der Waals surface area contributed by atoms with Gasteiger partial charge >= 0.3 is 0 Å². The molecule has 1 saturated carbocycles. The van der Waals surface area contributed by atoms with E-state index in [1.54, 1.807) is 12.3 Å². The minimum Gasteiger partial charge on any atom is -0.385 e. The van der Waals surface area contributed by atoms with Crippen molar-refractivity contribution in [2.75, 3.05) is 30.4 Å². The molecule has 1 aromatic carbocycles. The molecule has 0 bridgehead atoms. The van der Waals surface area contributed by atoms with E-state index in [1.807, 2.05) is 18.2 Å². The normalized spacial score (nSPS) is 21.8. The van der Waals surface area contributed by atoms with Crippen LogP contribution in [0.5, 0.6) is 0 Å². The van der Waals surface area contributed by atoms with Gasteiger partial charge in [0.25, 0.3) is 0 Å². The molecule has 2 heterocycles. The maximum absolute atomic E-state index is 12.6. The van der Waals surface area contributed by atoms with Crippen LogP contribution in [0.25, 0.3) is 11.1 Å². The molecule has 6 nitrogen and oxygen atoms in total. The maximum Gasteiger partial charge on any atom is 0.228 e. The zero-order valence-electron chi connectivity index (χ0n) is 17.4. The monoisotopic (exact) mass is 462 g/mol. The Morgan fingerprint density at radius 1 is 1.10 bits per heavy atom. The van der Waals surface area contributed by atoms with Gasteiger partial charge in [0.05, 0.1) is 5.02 Å². The van der Waals surface area contributed by atoms with Gasteiger partial charge in [-0.05, 0) is 62.3 Å². The molecule has 0 radical (unpaired) electrons. The zero-order valence-corrected chi connectivity index (χ0v) is 18.9. The van der Waals surface area contributed by atoms with Crippen molar-refractivity contribution in [2.24, 2.45) is 17.6 Å². The molecular formula is C23H28Cl2N4O2. The van der Waals surface area contributed by atoms with Gasteiger partial charge in [-0.2, -0.15) is 0 Å². The molecule has 1 aliphatic carbocycles. The predicted molar refractivity (Wildman–Crippen MR) is 126 cm³/mol. The molecule has 1 aromatic heterocycles. The number of carbonyl (C=O) groups is 1. The fraction of sp³-hybridized carbons (Fsp3) is 0.478. The highest BCUT2D eigenvalue weighted by Gasteiger charge is 2.28. The summed E-state index contributed by atoms with van der Waals surface area (Å²) < 4.78 is 5.43. The molecule has 8 heteroatoms. The number of amides is 1. The first kappa shape index (κ1) is 22.3. The van der Waals surface area contributed by atoms with Crippen molar-refractivity contribution in [1.29, 1.82) is 0 Å². The van der Waals surface area contributed by atoms with Crippen molar-refractivity contribution < 1.29 is 9.53 Å². The molecule has 2 unspecified atom stereocenters. The van der Waals surface area contributed by atoms with Crippen LogP contribution < -0.4 is 16.4 Å². The summed E-state index contributed by atoms with van der Waals surface area (Å²) in [6.45, 7) is 2.54. The fourth-order valence-electron chi connectivity index (χ4n) is 4.25. The van der Waals surface area contributed by atoms with Gasteiger partial charge in [-0.1, -0.05) is 23.2 Å². The van der Waals surface area contributed by atoms with Crippen LogP contribution in [0.1, 0.15) is 32.1 Å². The third-order valence-electron chi connectivity index (χ3n) is 6.14. The summed E-state index contributed by atoms with van der Waals surface area (Å²) in [5.41, 5.74) is 8.44. The van der Waals surface area contributed by atoms with Crippen LogP contribution in [0.4, 0.5) is 11.5 Å². The lowest BCUT2D eigenvalue weighted by molar-refractivity contribution is -0.119. The average Bonchev–Trinajstić information content (AvgIpc) is 3.22. The second-order valence-corrected chi connectivity index (χ2v) is 9.25. The minimum atomic E-state index is -0.0720.